The van der Waals surface area contributed by atoms with Gasteiger partial charge >= 0.3 is 8.05 Å². The summed E-state index contributed by atoms with van der Waals surface area (Å²) in [5, 5.41) is 0. The zero-order valence-electron chi connectivity index (χ0n) is 8.96. The molecular formula is C13H8BNO2. The minimum absolute atomic E-state index is 0.507. The Morgan fingerprint density at radius 3 is 2.59 bits per heavy atom. The normalized spacial score (nSPS) is 10.6. The highest BCUT2D eigenvalue weighted by molar-refractivity contribution is 6.00. The first kappa shape index (κ1) is 9.96. The van der Waals surface area contributed by atoms with Gasteiger partial charge in [0.2, 0.25) is 5.89 Å². The Morgan fingerprint density at radius 2 is 1.76 bits per heavy atom. The first-order valence-corrected chi connectivity index (χ1v) is 5.20. The second-order valence-corrected chi connectivity index (χ2v) is 3.60. The average Bonchev–Trinajstić information content (AvgIpc) is 2.82. The number of oxazole rings is 1. The Labute approximate surface area is 99.5 Å². The van der Waals surface area contributed by atoms with Crippen molar-refractivity contribution in [3.8, 4) is 17.2 Å². The fourth-order valence-electron chi connectivity index (χ4n) is 1.73. The van der Waals surface area contributed by atoms with Gasteiger partial charge in [-0.1, -0.05) is 24.3 Å². The van der Waals surface area contributed by atoms with Crippen LogP contribution in [0.3, 0.4) is 0 Å². The molecule has 80 valence electrons. The van der Waals surface area contributed by atoms with E-state index >= 15 is 0 Å². The third-order valence-corrected chi connectivity index (χ3v) is 2.54. The van der Waals surface area contributed by atoms with Crippen LogP contribution in [-0.4, -0.2) is 13.0 Å². The molecule has 0 atom stereocenters. The van der Waals surface area contributed by atoms with Gasteiger partial charge in [0.05, 0.1) is 5.56 Å². The van der Waals surface area contributed by atoms with Crippen molar-refractivity contribution in [2.24, 2.45) is 0 Å². The van der Waals surface area contributed by atoms with Gasteiger partial charge in [0.1, 0.15) is 11.3 Å². The second kappa shape index (κ2) is 3.98. The van der Waals surface area contributed by atoms with Gasteiger partial charge in [0.15, 0.2) is 5.58 Å². The smallest absolute Gasteiger partial charge is 0.374 e. The number of rotatable bonds is 2. The van der Waals surface area contributed by atoms with Crippen LogP contribution >= 0.6 is 0 Å². The van der Waals surface area contributed by atoms with E-state index in [2.05, 4.69) is 4.98 Å². The average molecular weight is 221 g/mol. The van der Waals surface area contributed by atoms with Crippen LogP contribution < -0.4 is 4.65 Å². The van der Waals surface area contributed by atoms with E-state index in [0.717, 1.165) is 16.7 Å². The summed E-state index contributed by atoms with van der Waals surface area (Å²) in [4.78, 5) is 4.39. The second-order valence-electron chi connectivity index (χ2n) is 3.60. The highest BCUT2D eigenvalue weighted by Crippen LogP contribution is 2.30. The van der Waals surface area contributed by atoms with E-state index in [9.17, 15) is 0 Å². The predicted octanol–water partition coefficient (Wildman–Crippen LogP) is 2.96. The van der Waals surface area contributed by atoms with Crippen LogP contribution in [0, 0.1) is 0 Å². The van der Waals surface area contributed by atoms with E-state index in [-0.39, 0.29) is 0 Å². The van der Waals surface area contributed by atoms with Crippen LogP contribution in [0.1, 0.15) is 0 Å². The van der Waals surface area contributed by atoms with E-state index < -0.39 is 0 Å². The van der Waals surface area contributed by atoms with Gasteiger partial charge in [0, 0.05) is 0 Å². The minimum Gasteiger partial charge on any atom is -0.567 e. The minimum atomic E-state index is 0.507. The molecule has 0 unspecified atom stereocenters. The van der Waals surface area contributed by atoms with Gasteiger partial charge in [-0.2, -0.15) is 0 Å². The molecule has 0 aliphatic heterocycles. The van der Waals surface area contributed by atoms with Crippen LogP contribution in [0.25, 0.3) is 22.6 Å². The number of nitrogens with zero attached hydrogens (tertiary/aromatic N) is 1. The first-order valence-electron chi connectivity index (χ1n) is 5.20. The van der Waals surface area contributed by atoms with Crippen molar-refractivity contribution >= 4 is 19.1 Å². The molecule has 0 saturated carbocycles. The highest BCUT2D eigenvalue weighted by atomic mass is 16.4. The van der Waals surface area contributed by atoms with Gasteiger partial charge < -0.3 is 9.07 Å². The Kier molecular flexibility index (Phi) is 2.33. The highest BCUT2D eigenvalue weighted by Gasteiger charge is 2.11. The number of hydrogen-bond donors (Lipinski definition) is 0. The van der Waals surface area contributed by atoms with Crippen molar-refractivity contribution in [3.63, 3.8) is 0 Å². The van der Waals surface area contributed by atoms with Crippen molar-refractivity contribution < 1.29 is 9.07 Å². The lowest BCUT2D eigenvalue weighted by atomic mass is 10.2. The van der Waals surface area contributed by atoms with Crippen LogP contribution in [0.4, 0.5) is 0 Å². The monoisotopic (exact) mass is 221 g/mol. The van der Waals surface area contributed by atoms with Crippen LogP contribution in [0.15, 0.2) is 52.9 Å². The Hall–Kier alpha value is -2.23. The van der Waals surface area contributed by atoms with Crippen molar-refractivity contribution in [3.05, 3.63) is 48.5 Å². The lowest BCUT2D eigenvalue weighted by molar-refractivity contribution is 0.594. The molecule has 17 heavy (non-hydrogen) atoms. The van der Waals surface area contributed by atoms with E-state index in [1.54, 1.807) is 6.07 Å². The molecule has 0 N–H and O–H groups in total. The topological polar surface area (TPSA) is 35.3 Å². The number of hydrogen-bond acceptors (Lipinski definition) is 3. The largest absolute Gasteiger partial charge is 0.567 e. The maximum atomic E-state index is 5.65. The van der Waals surface area contributed by atoms with Crippen molar-refractivity contribution in [1.29, 1.82) is 0 Å². The molecule has 0 amide bonds. The molecule has 1 aromatic heterocycles. The van der Waals surface area contributed by atoms with Crippen LogP contribution in [-0.2, 0) is 0 Å². The van der Waals surface area contributed by atoms with E-state index in [1.807, 2.05) is 42.5 Å². The summed E-state index contributed by atoms with van der Waals surface area (Å²) in [5.41, 5.74) is 2.30. The fourth-order valence-corrected chi connectivity index (χ4v) is 1.73. The summed E-state index contributed by atoms with van der Waals surface area (Å²) in [6.07, 6.45) is 0. The first-order chi connectivity index (χ1) is 8.38. The van der Waals surface area contributed by atoms with Crippen LogP contribution in [0.2, 0.25) is 0 Å². The fraction of sp³-hybridized carbons (Fsp3) is 0. The molecule has 0 saturated heterocycles. The van der Waals surface area contributed by atoms with Crippen molar-refractivity contribution in [1.82, 2.24) is 4.98 Å². The van der Waals surface area contributed by atoms with Crippen LogP contribution in [0.5, 0.6) is 5.75 Å². The zero-order chi connectivity index (χ0) is 11.7. The predicted molar refractivity (Wildman–Crippen MR) is 65.8 cm³/mol. The maximum absolute atomic E-state index is 5.65. The summed E-state index contributed by atoms with van der Waals surface area (Å²) in [7, 11) is 5.21. The standard InChI is InChI=1S/C13H8BNO2/c14-17-11-7-3-1-5-9(11)13-15-10-6-2-4-8-12(10)16-13/h1-8H. The van der Waals surface area contributed by atoms with E-state index in [0.29, 0.717) is 11.6 Å². The van der Waals surface area contributed by atoms with Crippen molar-refractivity contribution in [2.45, 2.75) is 0 Å². The summed E-state index contributed by atoms with van der Waals surface area (Å²) in [6.45, 7) is 0. The molecule has 4 heteroatoms. The van der Waals surface area contributed by atoms with E-state index in [1.165, 1.54) is 0 Å². The molecular weight excluding hydrogens is 213 g/mol. The molecule has 0 spiro atoms. The SMILES string of the molecule is [B]Oc1ccccc1-c1nc2ccccc2o1. The number of aromatic nitrogens is 1. The third-order valence-electron chi connectivity index (χ3n) is 2.54. The van der Waals surface area contributed by atoms with Gasteiger partial charge in [-0.05, 0) is 24.3 Å². The maximum Gasteiger partial charge on any atom is 0.374 e. The van der Waals surface area contributed by atoms with Gasteiger partial charge in [-0.15, -0.1) is 0 Å². The number of benzene rings is 2. The molecule has 2 radical (unpaired) electrons. The molecule has 3 aromatic rings. The lowest BCUT2D eigenvalue weighted by Gasteiger charge is -2.04. The van der Waals surface area contributed by atoms with Gasteiger partial charge in [0.25, 0.3) is 0 Å². The zero-order valence-corrected chi connectivity index (χ0v) is 8.96. The lowest BCUT2D eigenvalue weighted by Crippen LogP contribution is -1.88. The molecule has 2 aromatic carbocycles. The Morgan fingerprint density at radius 1 is 1.00 bits per heavy atom. The Bertz CT molecular complexity index is 630. The molecule has 1 heterocycles. The molecule has 3 nitrogen and oxygen atoms in total. The number of fused-ring (bicyclic) bond motifs is 1. The molecule has 0 aliphatic rings. The third kappa shape index (κ3) is 1.67. The molecule has 0 bridgehead atoms. The van der Waals surface area contributed by atoms with Crippen molar-refractivity contribution in [2.75, 3.05) is 0 Å². The molecule has 0 fully saturated rings. The summed E-state index contributed by atoms with van der Waals surface area (Å²) in [6, 6.07) is 14.9. The summed E-state index contributed by atoms with van der Waals surface area (Å²) in [5.74, 6) is 1.05. The molecule has 3 rings (SSSR count). The summed E-state index contributed by atoms with van der Waals surface area (Å²) < 4.78 is 10.4. The van der Waals surface area contributed by atoms with Gasteiger partial charge in [-0.3, -0.25) is 0 Å². The molecule has 0 aliphatic carbocycles. The van der Waals surface area contributed by atoms with E-state index in [4.69, 9.17) is 17.1 Å². The number of para-hydroxylation sites is 3. The summed E-state index contributed by atoms with van der Waals surface area (Å²) >= 11 is 0. The van der Waals surface area contributed by atoms with Gasteiger partial charge in [-0.25, -0.2) is 4.98 Å². The Balaban J connectivity index is 2.20. The quantitative estimate of drug-likeness (QED) is 0.624.